The number of carbonyl (C=O) groups excluding carboxylic acids is 2. The molecule has 0 aromatic heterocycles. The highest BCUT2D eigenvalue weighted by atomic mass is 16.7. The van der Waals surface area contributed by atoms with Gasteiger partial charge < -0.3 is 19.7 Å². The van der Waals surface area contributed by atoms with E-state index in [2.05, 4.69) is 13.5 Å². The largest absolute Gasteiger partial charge is 0.422 e. The van der Waals surface area contributed by atoms with Crippen LogP contribution in [0.5, 0.6) is 0 Å². The Morgan fingerprint density at radius 2 is 1.50 bits per heavy atom. The molecule has 0 radical (unpaired) electrons. The summed E-state index contributed by atoms with van der Waals surface area (Å²) in [7, 11) is 0. The molecular weight excluding hydrogens is 312 g/mol. The van der Waals surface area contributed by atoms with Crippen molar-refractivity contribution < 1.29 is 29.3 Å². The zero-order chi connectivity index (χ0) is 18.5. The van der Waals surface area contributed by atoms with E-state index in [0.29, 0.717) is 6.42 Å². The molecule has 2 N–H and O–H groups in total. The number of carbonyl (C=O) groups is 2. The Morgan fingerprint density at radius 1 is 0.958 bits per heavy atom. The summed E-state index contributed by atoms with van der Waals surface area (Å²) in [5.74, 6) is -1.34. The molecule has 0 bridgehead atoms. The van der Waals surface area contributed by atoms with Gasteiger partial charge in [0.2, 0.25) is 6.29 Å². The molecule has 1 atom stereocenters. The summed E-state index contributed by atoms with van der Waals surface area (Å²) in [5.41, 5.74) is 0.510. The van der Waals surface area contributed by atoms with Crippen LogP contribution in [-0.4, -0.2) is 41.7 Å². The van der Waals surface area contributed by atoms with Crippen LogP contribution in [0, 0.1) is 0 Å². The van der Waals surface area contributed by atoms with Crippen molar-refractivity contribution in [2.75, 3.05) is 13.2 Å². The number of esters is 2. The van der Waals surface area contributed by atoms with Gasteiger partial charge in [-0.05, 0) is 25.8 Å². The fourth-order valence-electron chi connectivity index (χ4n) is 1.92. The van der Waals surface area contributed by atoms with Gasteiger partial charge in [0.05, 0.1) is 13.2 Å². The van der Waals surface area contributed by atoms with E-state index >= 15 is 0 Å². The lowest BCUT2D eigenvalue weighted by atomic mass is 10.1. The number of unbranched alkanes of at least 4 members (excludes halogenated alkanes) is 4. The van der Waals surface area contributed by atoms with E-state index in [1.165, 1.54) is 13.8 Å². The SMILES string of the molecule is C=C(C)C(=O)OC(CCCCCCC)OC(=O)C(C)=C(CO)CO. The predicted molar refractivity (Wildman–Crippen MR) is 91.0 cm³/mol. The highest BCUT2D eigenvalue weighted by molar-refractivity contribution is 5.89. The van der Waals surface area contributed by atoms with Gasteiger partial charge in [-0.2, -0.15) is 0 Å². The van der Waals surface area contributed by atoms with Crippen molar-refractivity contribution >= 4 is 11.9 Å². The quantitative estimate of drug-likeness (QED) is 0.245. The van der Waals surface area contributed by atoms with E-state index in [4.69, 9.17) is 19.7 Å². The van der Waals surface area contributed by atoms with Crippen molar-refractivity contribution in [3.63, 3.8) is 0 Å². The van der Waals surface area contributed by atoms with E-state index in [9.17, 15) is 9.59 Å². The van der Waals surface area contributed by atoms with E-state index in [1.807, 2.05) is 0 Å². The van der Waals surface area contributed by atoms with Gasteiger partial charge in [-0.25, -0.2) is 9.59 Å². The molecule has 0 amide bonds. The van der Waals surface area contributed by atoms with Gasteiger partial charge in [0, 0.05) is 17.6 Å². The highest BCUT2D eigenvalue weighted by Gasteiger charge is 2.21. The van der Waals surface area contributed by atoms with Gasteiger partial charge in [-0.3, -0.25) is 0 Å². The monoisotopic (exact) mass is 342 g/mol. The second kappa shape index (κ2) is 12.7. The first-order valence-corrected chi connectivity index (χ1v) is 8.35. The Hall–Kier alpha value is -1.66. The maximum absolute atomic E-state index is 12.1. The van der Waals surface area contributed by atoms with Gasteiger partial charge in [0.25, 0.3) is 0 Å². The molecule has 0 aliphatic carbocycles. The van der Waals surface area contributed by atoms with Gasteiger partial charge in [0.15, 0.2) is 0 Å². The molecule has 0 fully saturated rings. The fraction of sp³-hybridized carbons (Fsp3) is 0.667. The van der Waals surface area contributed by atoms with Crippen molar-refractivity contribution in [1.29, 1.82) is 0 Å². The number of rotatable bonds is 12. The van der Waals surface area contributed by atoms with Crippen LogP contribution in [0.4, 0.5) is 0 Å². The molecule has 6 heteroatoms. The van der Waals surface area contributed by atoms with Crippen LogP contribution in [0.2, 0.25) is 0 Å². The Labute approximate surface area is 144 Å². The first-order valence-electron chi connectivity index (χ1n) is 8.35. The lowest BCUT2D eigenvalue weighted by Gasteiger charge is -2.19. The minimum absolute atomic E-state index is 0.113. The Morgan fingerprint density at radius 3 is 2.00 bits per heavy atom. The molecule has 6 nitrogen and oxygen atoms in total. The zero-order valence-corrected chi connectivity index (χ0v) is 15.0. The number of aliphatic hydroxyl groups is 2. The summed E-state index contributed by atoms with van der Waals surface area (Å²) in [6.45, 7) is 7.71. The van der Waals surface area contributed by atoms with Crippen molar-refractivity contribution in [2.45, 2.75) is 65.6 Å². The summed E-state index contributed by atoms with van der Waals surface area (Å²) in [6.07, 6.45) is 4.44. The molecule has 0 heterocycles. The van der Waals surface area contributed by atoms with Crippen molar-refractivity contribution in [2.24, 2.45) is 0 Å². The number of hydrogen-bond donors (Lipinski definition) is 2. The summed E-state index contributed by atoms with van der Waals surface area (Å²) in [6, 6.07) is 0. The standard InChI is InChI=1S/C18H30O6/c1-5-6-7-8-9-10-16(23-17(21)13(2)3)24-18(22)14(4)15(11-19)12-20/h16,19-20H,2,5-12H2,1,3-4H3. The van der Waals surface area contributed by atoms with Gasteiger partial charge >= 0.3 is 11.9 Å². The van der Waals surface area contributed by atoms with E-state index in [1.54, 1.807) is 0 Å². The summed E-state index contributed by atoms with van der Waals surface area (Å²) in [5, 5.41) is 18.2. The average molecular weight is 342 g/mol. The molecule has 0 saturated heterocycles. The third kappa shape index (κ3) is 8.84. The highest BCUT2D eigenvalue weighted by Crippen LogP contribution is 2.15. The van der Waals surface area contributed by atoms with Crippen LogP contribution in [-0.2, 0) is 19.1 Å². The third-order valence-electron chi connectivity index (χ3n) is 3.59. The van der Waals surface area contributed by atoms with Crippen LogP contribution in [0.3, 0.4) is 0 Å². The number of ether oxygens (including phenoxy) is 2. The minimum Gasteiger partial charge on any atom is -0.422 e. The summed E-state index contributed by atoms with van der Waals surface area (Å²) < 4.78 is 10.4. The van der Waals surface area contributed by atoms with Gasteiger partial charge in [0.1, 0.15) is 0 Å². The van der Waals surface area contributed by atoms with Gasteiger partial charge in [-0.1, -0.05) is 39.2 Å². The topological polar surface area (TPSA) is 93.1 Å². The maximum atomic E-state index is 12.1. The normalized spacial score (nSPS) is 11.5. The molecule has 0 aromatic rings. The molecule has 0 aromatic carbocycles. The van der Waals surface area contributed by atoms with Crippen LogP contribution in [0.15, 0.2) is 23.3 Å². The lowest BCUT2D eigenvalue weighted by molar-refractivity contribution is -0.183. The second-order valence-corrected chi connectivity index (χ2v) is 5.77. The van der Waals surface area contributed by atoms with Crippen LogP contribution < -0.4 is 0 Å². The van der Waals surface area contributed by atoms with E-state index in [0.717, 1.165) is 32.1 Å². The summed E-state index contributed by atoms with van der Waals surface area (Å²) >= 11 is 0. The first kappa shape index (κ1) is 22.3. The van der Waals surface area contributed by atoms with Crippen LogP contribution >= 0.6 is 0 Å². The molecule has 0 aliphatic rings. The third-order valence-corrected chi connectivity index (χ3v) is 3.59. The molecule has 24 heavy (non-hydrogen) atoms. The van der Waals surface area contributed by atoms with Crippen molar-refractivity contribution in [3.8, 4) is 0 Å². The maximum Gasteiger partial charge on any atom is 0.336 e. The van der Waals surface area contributed by atoms with Crippen LogP contribution in [0.1, 0.15) is 59.3 Å². The Balaban J connectivity index is 4.79. The first-order chi connectivity index (χ1) is 11.4. The smallest absolute Gasteiger partial charge is 0.336 e. The van der Waals surface area contributed by atoms with Crippen LogP contribution in [0.25, 0.3) is 0 Å². The Bertz CT molecular complexity index is 446. The number of hydrogen-bond acceptors (Lipinski definition) is 6. The molecule has 0 spiro atoms. The van der Waals surface area contributed by atoms with Crippen molar-refractivity contribution in [1.82, 2.24) is 0 Å². The van der Waals surface area contributed by atoms with E-state index < -0.39 is 31.4 Å². The van der Waals surface area contributed by atoms with Crippen molar-refractivity contribution in [3.05, 3.63) is 23.3 Å². The molecule has 0 saturated carbocycles. The lowest BCUT2D eigenvalue weighted by Crippen LogP contribution is -2.26. The predicted octanol–water partition coefficient (Wildman–Crippen LogP) is 2.64. The fourth-order valence-corrected chi connectivity index (χ4v) is 1.92. The zero-order valence-electron chi connectivity index (χ0n) is 15.0. The van der Waals surface area contributed by atoms with E-state index in [-0.39, 0.29) is 16.7 Å². The average Bonchev–Trinajstić information content (AvgIpc) is 2.55. The Kier molecular flexibility index (Phi) is 11.8. The number of aliphatic hydroxyl groups excluding tert-OH is 2. The second-order valence-electron chi connectivity index (χ2n) is 5.77. The molecule has 138 valence electrons. The molecule has 0 aliphatic heterocycles. The molecule has 1 unspecified atom stereocenters. The van der Waals surface area contributed by atoms with Gasteiger partial charge in [-0.15, -0.1) is 0 Å². The molecule has 0 rings (SSSR count). The summed E-state index contributed by atoms with van der Waals surface area (Å²) in [4.78, 5) is 23.8. The molecular formula is C18H30O6. The minimum atomic E-state index is -1.00.